The fraction of sp³-hybridized carbons (Fsp3) is 0.438. The number of nitrogens with one attached hydrogen (secondary N) is 1. The van der Waals surface area contributed by atoms with Crippen molar-refractivity contribution in [1.82, 2.24) is 10.3 Å². The maximum atomic E-state index is 4.84. The Balaban J connectivity index is 1.90. The van der Waals surface area contributed by atoms with Crippen LogP contribution in [0.4, 0.5) is 0 Å². The summed E-state index contributed by atoms with van der Waals surface area (Å²) in [6.07, 6.45) is 2.64. The van der Waals surface area contributed by atoms with Gasteiger partial charge in [0.1, 0.15) is 0 Å². The molecule has 1 saturated carbocycles. The lowest BCUT2D eigenvalue weighted by Crippen LogP contribution is -2.16. The third-order valence-corrected chi connectivity index (χ3v) is 4.83. The zero-order valence-corrected chi connectivity index (χ0v) is 12.3. The van der Waals surface area contributed by atoms with Crippen LogP contribution >= 0.6 is 11.3 Å². The SMILES string of the molecule is CC(C)c1nc(CNC2CC2)c(-c2ccccc2)s1. The first kappa shape index (κ1) is 12.8. The van der Waals surface area contributed by atoms with Crippen LogP contribution in [-0.2, 0) is 6.54 Å². The predicted molar refractivity (Wildman–Crippen MR) is 81.5 cm³/mol. The van der Waals surface area contributed by atoms with Gasteiger partial charge in [-0.2, -0.15) is 0 Å². The fourth-order valence-corrected chi connectivity index (χ4v) is 3.17. The van der Waals surface area contributed by atoms with Gasteiger partial charge in [-0.3, -0.25) is 0 Å². The number of hydrogen-bond donors (Lipinski definition) is 1. The second-order valence-corrected chi connectivity index (χ2v) is 6.53. The van der Waals surface area contributed by atoms with Crippen molar-refractivity contribution in [3.63, 3.8) is 0 Å². The molecule has 1 aromatic carbocycles. The Labute approximate surface area is 118 Å². The highest BCUT2D eigenvalue weighted by atomic mass is 32.1. The molecule has 2 aromatic rings. The van der Waals surface area contributed by atoms with Crippen molar-refractivity contribution < 1.29 is 0 Å². The van der Waals surface area contributed by atoms with Crippen LogP contribution in [0.25, 0.3) is 10.4 Å². The Morgan fingerprint density at radius 3 is 2.63 bits per heavy atom. The molecule has 0 radical (unpaired) electrons. The molecule has 3 heteroatoms. The zero-order valence-electron chi connectivity index (χ0n) is 11.5. The standard InChI is InChI=1S/C16H20N2S/c1-11(2)16-18-14(10-17-13-8-9-13)15(19-16)12-6-4-3-5-7-12/h3-7,11,13,17H,8-10H2,1-2H3. The monoisotopic (exact) mass is 272 g/mol. The van der Waals surface area contributed by atoms with E-state index in [2.05, 4.69) is 49.5 Å². The van der Waals surface area contributed by atoms with E-state index in [1.807, 2.05) is 11.3 Å². The van der Waals surface area contributed by atoms with Crippen LogP contribution in [0.3, 0.4) is 0 Å². The first-order chi connectivity index (χ1) is 9.24. The van der Waals surface area contributed by atoms with Gasteiger partial charge in [-0.25, -0.2) is 4.98 Å². The van der Waals surface area contributed by atoms with Crippen molar-refractivity contribution in [3.8, 4) is 10.4 Å². The summed E-state index contributed by atoms with van der Waals surface area (Å²) in [6, 6.07) is 11.4. The van der Waals surface area contributed by atoms with Gasteiger partial charge in [-0.05, 0) is 18.4 Å². The first-order valence-corrected chi connectivity index (χ1v) is 7.84. The van der Waals surface area contributed by atoms with Crippen LogP contribution in [0.5, 0.6) is 0 Å². The summed E-state index contributed by atoms with van der Waals surface area (Å²) in [7, 11) is 0. The molecule has 0 aliphatic heterocycles. The minimum Gasteiger partial charge on any atom is -0.308 e. The molecule has 1 aliphatic carbocycles. The van der Waals surface area contributed by atoms with Gasteiger partial charge in [0.2, 0.25) is 0 Å². The fourth-order valence-electron chi connectivity index (χ4n) is 2.08. The van der Waals surface area contributed by atoms with E-state index in [4.69, 9.17) is 4.98 Å². The molecule has 100 valence electrons. The largest absolute Gasteiger partial charge is 0.308 e. The third kappa shape index (κ3) is 3.04. The van der Waals surface area contributed by atoms with E-state index in [9.17, 15) is 0 Å². The maximum absolute atomic E-state index is 4.84. The molecule has 0 bridgehead atoms. The van der Waals surface area contributed by atoms with E-state index in [0.717, 1.165) is 12.6 Å². The maximum Gasteiger partial charge on any atom is 0.0960 e. The lowest BCUT2D eigenvalue weighted by Gasteiger charge is -2.03. The summed E-state index contributed by atoms with van der Waals surface area (Å²) < 4.78 is 0. The number of nitrogens with zero attached hydrogens (tertiary/aromatic N) is 1. The van der Waals surface area contributed by atoms with E-state index in [-0.39, 0.29) is 0 Å². The molecule has 19 heavy (non-hydrogen) atoms. The molecule has 1 N–H and O–H groups in total. The first-order valence-electron chi connectivity index (χ1n) is 7.02. The van der Waals surface area contributed by atoms with Gasteiger partial charge in [0, 0.05) is 18.5 Å². The van der Waals surface area contributed by atoms with E-state index >= 15 is 0 Å². The quantitative estimate of drug-likeness (QED) is 0.883. The summed E-state index contributed by atoms with van der Waals surface area (Å²) >= 11 is 1.84. The van der Waals surface area contributed by atoms with Crippen molar-refractivity contribution >= 4 is 11.3 Å². The minimum absolute atomic E-state index is 0.502. The van der Waals surface area contributed by atoms with Gasteiger partial charge in [0.05, 0.1) is 15.6 Å². The number of benzene rings is 1. The molecule has 0 atom stereocenters. The Kier molecular flexibility index (Phi) is 3.67. The number of rotatable bonds is 5. The van der Waals surface area contributed by atoms with Gasteiger partial charge < -0.3 is 5.32 Å². The highest BCUT2D eigenvalue weighted by Gasteiger charge is 2.22. The third-order valence-electron chi connectivity index (χ3n) is 3.38. The average Bonchev–Trinajstić information content (AvgIpc) is 3.15. The number of thiazole rings is 1. The smallest absolute Gasteiger partial charge is 0.0960 e. The van der Waals surface area contributed by atoms with Crippen molar-refractivity contribution in [2.24, 2.45) is 0 Å². The number of aromatic nitrogens is 1. The van der Waals surface area contributed by atoms with Gasteiger partial charge in [0.25, 0.3) is 0 Å². The highest BCUT2D eigenvalue weighted by Crippen LogP contribution is 2.34. The lowest BCUT2D eigenvalue weighted by atomic mass is 10.1. The normalized spacial score (nSPS) is 15.1. The molecule has 2 nitrogen and oxygen atoms in total. The molecular weight excluding hydrogens is 252 g/mol. The highest BCUT2D eigenvalue weighted by molar-refractivity contribution is 7.15. The van der Waals surface area contributed by atoms with Crippen LogP contribution < -0.4 is 5.32 Å². The molecule has 0 unspecified atom stereocenters. The second-order valence-electron chi connectivity index (χ2n) is 5.50. The van der Waals surface area contributed by atoms with Crippen molar-refractivity contribution in [3.05, 3.63) is 41.0 Å². The Morgan fingerprint density at radius 1 is 1.26 bits per heavy atom. The summed E-state index contributed by atoms with van der Waals surface area (Å²) in [5, 5.41) is 4.82. The van der Waals surface area contributed by atoms with Crippen LogP contribution in [0.15, 0.2) is 30.3 Å². The summed E-state index contributed by atoms with van der Waals surface area (Å²) in [5.41, 5.74) is 2.51. The molecule has 1 aromatic heterocycles. The second kappa shape index (κ2) is 5.43. The van der Waals surface area contributed by atoms with E-state index in [1.54, 1.807) is 0 Å². The van der Waals surface area contributed by atoms with Crippen molar-refractivity contribution in [2.45, 2.75) is 45.2 Å². The summed E-state index contributed by atoms with van der Waals surface area (Å²) in [4.78, 5) is 6.17. The van der Waals surface area contributed by atoms with E-state index in [0.29, 0.717) is 5.92 Å². The van der Waals surface area contributed by atoms with Gasteiger partial charge in [0.15, 0.2) is 0 Å². The topological polar surface area (TPSA) is 24.9 Å². The van der Waals surface area contributed by atoms with Crippen molar-refractivity contribution in [2.75, 3.05) is 0 Å². The van der Waals surface area contributed by atoms with Crippen LogP contribution in [0, 0.1) is 0 Å². The van der Waals surface area contributed by atoms with Crippen LogP contribution in [-0.4, -0.2) is 11.0 Å². The van der Waals surface area contributed by atoms with E-state index < -0.39 is 0 Å². The van der Waals surface area contributed by atoms with Gasteiger partial charge in [-0.1, -0.05) is 44.2 Å². The average molecular weight is 272 g/mol. The molecule has 0 saturated heterocycles. The van der Waals surface area contributed by atoms with Gasteiger partial charge in [-0.15, -0.1) is 11.3 Å². The van der Waals surface area contributed by atoms with Crippen LogP contribution in [0.2, 0.25) is 0 Å². The molecule has 1 fully saturated rings. The van der Waals surface area contributed by atoms with E-state index in [1.165, 1.54) is 34.0 Å². The molecule has 3 rings (SSSR count). The zero-order chi connectivity index (χ0) is 13.2. The molecule has 0 spiro atoms. The minimum atomic E-state index is 0.502. The molecular formula is C16H20N2S. The van der Waals surface area contributed by atoms with Crippen LogP contribution in [0.1, 0.15) is 43.3 Å². The Bertz CT molecular complexity index is 541. The number of hydrogen-bond acceptors (Lipinski definition) is 3. The van der Waals surface area contributed by atoms with Crippen molar-refractivity contribution in [1.29, 1.82) is 0 Å². The Hall–Kier alpha value is -1.19. The predicted octanol–water partition coefficient (Wildman–Crippen LogP) is 4.19. The lowest BCUT2D eigenvalue weighted by molar-refractivity contribution is 0.674. The molecule has 1 heterocycles. The molecule has 0 amide bonds. The molecule has 1 aliphatic rings. The summed E-state index contributed by atoms with van der Waals surface area (Å²) in [6.45, 7) is 5.33. The Morgan fingerprint density at radius 2 is 2.00 bits per heavy atom. The summed E-state index contributed by atoms with van der Waals surface area (Å²) in [5.74, 6) is 0.502. The van der Waals surface area contributed by atoms with Gasteiger partial charge >= 0.3 is 0 Å².